The van der Waals surface area contributed by atoms with Crippen molar-refractivity contribution in [2.24, 2.45) is 0 Å². The number of hydrogen-bond acceptors (Lipinski definition) is 4. The summed E-state index contributed by atoms with van der Waals surface area (Å²) in [6.07, 6.45) is 1.47. The van der Waals surface area contributed by atoms with Crippen LogP contribution in [0.2, 0.25) is 0 Å². The summed E-state index contributed by atoms with van der Waals surface area (Å²) in [6, 6.07) is 8.44. The van der Waals surface area contributed by atoms with Crippen molar-refractivity contribution in [2.75, 3.05) is 52.0 Å². The molecule has 0 fully saturated rings. The Morgan fingerprint density at radius 3 is 2.95 bits per heavy atom. The minimum atomic E-state index is 0.0498. The molecule has 1 N–H and O–H groups in total. The van der Waals surface area contributed by atoms with E-state index in [9.17, 15) is 4.79 Å². The second-order valence-electron chi connectivity index (χ2n) is 5.63. The van der Waals surface area contributed by atoms with Crippen molar-refractivity contribution in [3.05, 3.63) is 29.8 Å². The number of carbonyl (C=O) groups is 1. The van der Waals surface area contributed by atoms with Gasteiger partial charge in [-0.3, -0.25) is 4.79 Å². The topological polar surface area (TPSA) is 50.8 Å². The molecule has 1 aromatic carbocycles. The van der Waals surface area contributed by atoms with Crippen LogP contribution in [0.4, 0.5) is 5.69 Å². The van der Waals surface area contributed by atoms with Gasteiger partial charge in [-0.1, -0.05) is 18.2 Å². The van der Waals surface area contributed by atoms with E-state index in [0.29, 0.717) is 38.7 Å². The molecule has 2 rings (SSSR count). The highest BCUT2D eigenvalue weighted by Crippen LogP contribution is 2.33. The van der Waals surface area contributed by atoms with Crippen LogP contribution < -0.4 is 10.2 Å². The van der Waals surface area contributed by atoms with Gasteiger partial charge in [0.05, 0.1) is 19.8 Å². The van der Waals surface area contributed by atoms with Crippen LogP contribution >= 0.6 is 0 Å². The predicted octanol–water partition coefficient (Wildman–Crippen LogP) is 1.78. The van der Waals surface area contributed by atoms with E-state index in [2.05, 4.69) is 41.5 Å². The van der Waals surface area contributed by atoms with Crippen molar-refractivity contribution >= 4 is 11.6 Å². The van der Waals surface area contributed by atoms with E-state index < -0.39 is 0 Å². The molecule has 0 aromatic heterocycles. The first-order valence-electron chi connectivity index (χ1n) is 7.86. The lowest BCUT2D eigenvalue weighted by Crippen LogP contribution is -2.34. The van der Waals surface area contributed by atoms with Gasteiger partial charge >= 0.3 is 0 Å². The van der Waals surface area contributed by atoms with Gasteiger partial charge in [0.15, 0.2) is 0 Å². The summed E-state index contributed by atoms with van der Waals surface area (Å²) in [7, 11) is 3.75. The summed E-state index contributed by atoms with van der Waals surface area (Å²) in [6.45, 7) is 3.26. The fourth-order valence-corrected chi connectivity index (χ4v) is 2.75. The van der Waals surface area contributed by atoms with E-state index in [0.717, 1.165) is 13.0 Å². The number of nitrogens with zero attached hydrogens (tertiary/aromatic N) is 1. The summed E-state index contributed by atoms with van der Waals surface area (Å²) in [5, 5.41) is 3.03. The van der Waals surface area contributed by atoms with Crippen LogP contribution in [0.5, 0.6) is 0 Å². The van der Waals surface area contributed by atoms with Crippen molar-refractivity contribution in [1.29, 1.82) is 0 Å². The SMILES string of the molecule is COCCOCCC(=O)NC[C@H]1CCN(C)c2ccccc21. The number of amides is 1. The number of ether oxygens (including phenoxy) is 2. The summed E-state index contributed by atoms with van der Waals surface area (Å²) < 4.78 is 10.2. The molecule has 1 heterocycles. The van der Waals surface area contributed by atoms with E-state index in [1.54, 1.807) is 7.11 Å². The highest BCUT2D eigenvalue weighted by Gasteiger charge is 2.22. The van der Waals surface area contributed by atoms with Gasteiger partial charge in [0.25, 0.3) is 0 Å². The minimum absolute atomic E-state index is 0.0498. The minimum Gasteiger partial charge on any atom is -0.382 e. The van der Waals surface area contributed by atoms with Crippen LogP contribution in [0, 0.1) is 0 Å². The molecule has 0 aliphatic carbocycles. The molecule has 0 unspecified atom stereocenters. The van der Waals surface area contributed by atoms with Gasteiger partial charge in [0.2, 0.25) is 5.91 Å². The number of carbonyl (C=O) groups excluding carboxylic acids is 1. The maximum Gasteiger partial charge on any atom is 0.222 e. The van der Waals surface area contributed by atoms with Crippen LogP contribution in [0.15, 0.2) is 24.3 Å². The predicted molar refractivity (Wildman–Crippen MR) is 87.4 cm³/mol. The Morgan fingerprint density at radius 2 is 2.14 bits per heavy atom. The molecule has 22 heavy (non-hydrogen) atoms. The van der Waals surface area contributed by atoms with Crippen LogP contribution in [-0.2, 0) is 14.3 Å². The number of nitrogens with one attached hydrogen (secondary N) is 1. The van der Waals surface area contributed by atoms with Gasteiger partial charge < -0.3 is 19.7 Å². The number of benzene rings is 1. The van der Waals surface area contributed by atoms with Crippen molar-refractivity contribution in [1.82, 2.24) is 5.32 Å². The van der Waals surface area contributed by atoms with Crippen molar-refractivity contribution in [3.63, 3.8) is 0 Å². The number of rotatable bonds is 8. The highest BCUT2D eigenvalue weighted by atomic mass is 16.5. The van der Waals surface area contributed by atoms with E-state index >= 15 is 0 Å². The Hall–Kier alpha value is -1.59. The molecule has 1 aromatic rings. The summed E-state index contributed by atoms with van der Waals surface area (Å²) >= 11 is 0. The first kappa shape index (κ1) is 16.8. The van der Waals surface area contributed by atoms with Gasteiger partial charge in [0.1, 0.15) is 0 Å². The molecule has 1 amide bonds. The Morgan fingerprint density at radius 1 is 1.32 bits per heavy atom. The van der Waals surface area contributed by atoms with Gasteiger partial charge in [-0.25, -0.2) is 0 Å². The standard InChI is InChI=1S/C17H26N2O3/c1-19-9-7-14(15-5-3-4-6-16(15)19)13-18-17(20)8-10-22-12-11-21-2/h3-6,14H,7-13H2,1-2H3,(H,18,20)/t14-/m1/s1. The summed E-state index contributed by atoms with van der Waals surface area (Å²) in [4.78, 5) is 14.1. The lowest BCUT2D eigenvalue weighted by atomic mass is 9.90. The first-order valence-corrected chi connectivity index (χ1v) is 7.86. The molecule has 0 saturated carbocycles. The van der Waals surface area contributed by atoms with Crippen LogP contribution in [0.1, 0.15) is 24.3 Å². The quantitative estimate of drug-likeness (QED) is 0.744. The molecule has 1 atom stereocenters. The molecule has 1 aliphatic rings. The molecule has 0 spiro atoms. The highest BCUT2D eigenvalue weighted by molar-refractivity contribution is 5.76. The number of fused-ring (bicyclic) bond motifs is 1. The van der Waals surface area contributed by atoms with Crippen molar-refractivity contribution in [2.45, 2.75) is 18.8 Å². The zero-order chi connectivity index (χ0) is 15.8. The second kappa shape index (κ2) is 8.76. The smallest absolute Gasteiger partial charge is 0.222 e. The van der Waals surface area contributed by atoms with E-state index in [-0.39, 0.29) is 5.91 Å². The normalized spacial score (nSPS) is 17.2. The molecule has 5 heteroatoms. The number of hydrogen-bond donors (Lipinski definition) is 1. The maximum absolute atomic E-state index is 11.9. The Balaban J connectivity index is 1.75. The molecule has 5 nitrogen and oxygen atoms in total. The van der Waals surface area contributed by atoms with Crippen molar-refractivity contribution < 1.29 is 14.3 Å². The zero-order valence-electron chi connectivity index (χ0n) is 13.5. The fraction of sp³-hybridized carbons (Fsp3) is 0.588. The molecular weight excluding hydrogens is 280 g/mol. The van der Waals surface area contributed by atoms with Gasteiger partial charge in [-0.2, -0.15) is 0 Å². The van der Waals surface area contributed by atoms with Gasteiger partial charge in [-0.15, -0.1) is 0 Å². The van der Waals surface area contributed by atoms with Crippen molar-refractivity contribution in [3.8, 4) is 0 Å². The van der Waals surface area contributed by atoms with Crippen LogP contribution in [-0.4, -0.2) is 53.0 Å². The Bertz CT molecular complexity index is 479. The first-order chi connectivity index (χ1) is 10.7. The van der Waals surface area contributed by atoms with Gasteiger partial charge in [0, 0.05) is 45.3 Å². The number of methoxy groups -OCH3 is 1. The number of para-hydroxylation sites is 1. The molecule has 1 aliphatic heterocycles. The third-order valence-electron chi connectivity index (χ3n) is 4.05. The maximum atomic E-state index is 11.9. The largest absolute Gasteiger partial charge is 0.382 e. The Labute approximate surface area is 132 Å². The van der Waals surface area contributed by atoms with Crippen LogP contribution in [0.25, 0.3) is 0 Å². The average Bonchev–Trinajstić information content (AvgIpc) is 2.54. The zero-order valence-corrected chi connectivity index (χ0v) is 13.5. The third kappa shape index (κ3) is 4.71. The monoisotopic (exact) mass is 306 g/mol. The molecule has 0 radical (unpaired) electrons. The third-order valence-corrected chi connectivity index (χ3v) is 4.05. The molecule has 122 valence electrons. The second-order valence-corrected chi connectivity index (χ2v) is 5.63. The fourth-order valence-electron chi connectivity index (χ4n) is 2.75. The molecule has 0 bridgehead atoms. The summed E-state index contributed by atoms with van der Waals surface area (Å²) in [5.74, 6) is 0.444. The Kier molecular flexibility index (Phi) is 6.68. The average molecular weight is 306 g/mol. The molecule has 0 saturated heterocycles. The van der Waals surface area contributed by atoms with Crippen LogP contribution in [0.3, 0.4) is 0 Å². The van der Waals surface area contributed by atoms with E-state index in [1.165, 1.54) is 11.3 Å². The lowest BCUT2D eigenvalue weighted by molar-refractivity contribution is -0.122. The molecular formula is C17H26N2O3. The number of anilines is 1. The lowest BCUT2D eigenvalue weighted by Gasteiger charge is -2.33. The van der Waals surface area contributed by atoms with Gasteiger partial charge in [-0.05, 0) is 18.1 Å². The summed E-state index contributed by atoms with van der Waals surface area (Å²) in [5.41, 5.74) is 2.60. The van der Waals surface area contributed by atoms with E-state index in [1.807, 2.05) is 0 Å². The van der Waals surface area contributed by atoms with E-state index in [4.69, 9.17) is 9.47 Å².